The summed E-state index contributed by atoms with van der Waals surface area (Å²) in [5.74, 6) is -1.45. The predicted octanol–water partition coefficient (Wildman–Crippen LogP) is 4.34. The fraction of sp³-hybridized carbons (Fsp3) is 0.235. The number of halogens is 2. The number of carbonyl (C=O) groups is 1. The van der Waals surface area contributed by atoms with Crippen LogP contribution in [0.15, 0.2) is 42.5 Å². The molecule has 0 radical (unpaired) electrons. The number of hydrogen-bond donors (Lipinski definition) is 0. The lowest BCUT2D eigenvalue weighted by Gasteiger charge is -2.05. The highest BCUT2D eigenvalue weighted by Gasteiger charge is 2.09. The van der Waals surface area contributed by atoms with E-state index in [1.165, 1.54) is 12.1 Å². The summed E-state index contributed by atoms with van der Waals surface area (Å²) in [6, 6.07) is 10.6. The highest BCUT2D eigenvalue weighted by molar-refractivity contribution is 5.97. The average molecular weight is 274 g/mol. The number of hydrogen-bond acceptors (Lipinski definition) is 1. The van der Waals surface area contributed by atoms with E-state index >= 15 is 0 Å². The van der Waals surface area contributed by atoms with Crippen molar-refractivity contribution in [3.8, 4) is 0 Å². The quantitative estimate of drug-likeness (QED) is 0.741. The molecule has 2 rings (SSSR count). The maximum absolute atomic E-state index is 13.1. The van der Waals surface area contributed by atoms with E-state index in [0.29, 0.717) is 11.1 Å². The molecule has 0 bridgehead atoms. The summed E-state index contributed by atoms with van der Waals surface area (Å²) in [6.45, 7) is 2.07. The number of rotatable bonds is 5. The standard InChI is InChI=1S/C17H16F2O/c1-2-4-12-5-3-6-14(7-12)17(20)10-13-8-15(18)11-16(19)9-13/h3,5-9,11H,2,4,10H2,1H3. The highest BCUT2D eigenvalue weighted by Crippen LogP contribution is 2.13. The molecular formula is C17H16F2O. The van der Waals surface area contributed by atoms with Gasteiger partial charge in [-0.1, -0.05) is 31.5 Å². The van der Waals surface area contributed by atoms with Crippen molar-refractivity contribution in [2.24, 2.45) is 0 Å². The van der Waals surface area contributed by atoms with Gasteiger partial charge in [0.15, 0.2) is 5.78 Å². The zero-order valence-electron chi connectivity index (χ0n) is 11.3. The van der Waals surface area contributed by atoms with Gasteiger partial charge in [-0.2, -0.15) is 0 Å². The van der Waals surface area contributed by atoms with Gasteiger partial charge >= 0.3 is 0 Å². The first kappa shape index (κ1) is 14.4. The number of Topliss-reactive ketones (excluding diaryl/α,β-unsaturated/α-hetero) is 1. The van der Waals surface area contributed by atoms with Crippen molar-refractivity contribution in [3.05, 3.63) is 70.8 Å². The van der Waals surface area contributed by atoms with Crippen LogP contribution < -0.4 is 0 Å². The minimum absolute atomic E-state index is 0.00422. The Hall–Kier alpha value is -2.03. The van der Waals surface area contributed by atoms with Gasteiger partial charge in [-0.25, -0.2) is 8.78 Å². The first-order valence-electron chi connectivity index (χ1n) is 6.65. The summed E-state index contributed by atoms with van der Waals surface area (Å²) in [7, 11) is 0. The second kappa shape index (κ2) is 6.42. The molecule has 2 aromatic carbocycles. The number of carbonyl (C=O) groups excluding carboxylic acids is 1. The molecule has 0 saturated heterocycles. The van der Waals surface area contributed by atoms with Crippen LogP contribution in [0.2, 0.25) is 0 Å². The lowest BCUT2D eigenvalue weighted by atomic mass is 10.00. The molecule has 0 amide bonds. The van der Waals surface area contributed by atoms with Gasteiger partial charge in [-0.3, -0.25) is 4.79 Å². The van der Waals surface area contributed by atoms with Gasteiger partial charge in [0, 0.05) is 18.1 Å². The monoisotopic (exact) mass is 274 g/mol. The number of benzene rings is 2. The van der Waals surface area contributed by atoms with Crippen LogP contribution >= 0.6 is 0 Å². The molecule has 3 heteroatoms. The van der Waals surface area contributed by atoms with E-state index in [-0.39, 0.29) is 12.2 Å². The van der Waals surface area contributed by atoms with Crippen molar-refractivity contribution in [3.63, 3.8) is 0 Å². The Morgan fingerprint density at radius 2 is 1.70 bits per heavy atom. The van der Waals surface area contributed by atoms with Crippen LogP contribution in [0, 0.1) is 11.6 Å². The van der Waals surface area contributed by atoms with Crippen LogP contribution in [-0.4, -0.2) is 5.78 Å². The molecule has 0 aliphatic rings. The first-order chi connectivity index (χ1) is 9.58. The average Bonchev–Trinajstić information content (AvgIpc) is 2.38. The molecule has 0 aliphatic carbocycles. The fourth-order valence-corrected chi connectivity index (χ4v) is 2.19. The second-order valence-corrected chi connectivity index (χ2v) is 4.83. The molecule has 104 valence electrons. The topological polar surface area (TPSA) is 17.1 Å². The Morgan fingerprint density at radius 1 is 1.00 bits per heavy atom. The van der Waals surface area contributed by atoms with Crippen LogP contribution in [0.4, 0.5) is 8.78 Å². The van der Waals surface area contributed by atoms with Crippen molar-refractivity contribution in [1.29, 1.82) is 0 Å². The first-order valence-corrected chi connectivity index (χ1v) is 6.65. The molecule has 1 nitrogen and oxygen atoms in total. The predicted molar refractivity (Wildman–Crippen MR) is 74.8 cm³/mol. The van der Waals surface area contributed by atoms with Gasteiger partial charge in [0.05, 0.1) is 0 Å². The summed E-state index contributed by atoms with van der Waals surface area (Å²) in [5, 5.41) is 0. The lowest BCUT2D eigenvalue weighted by molar-refractivity contribution is 0.0993. The third-order valence-electron chi connectivity index (χ3n) is 3.07. The lowest BCUT2D eigenvalue weighted by Crippen LogP contribution is -2.05. The Kier molecular flexibility index (Phi) is 4.61. The summed E-state index contributed by atoms with van der Waals surface area (Å²) in [4.78, 5) is 12.1. The molecule has 2 aromatic rings. The van der Waals surface area contributed by atoms with Gasteiger partial charge in [-0.05, 0) is 35.7 Å². The van der Waals surface area contributed by atoms with Crippen molar-refractivity contribution < 1.29 is 13.6 Å². The maximum Gasteiger partial charge on any atom is 0.167 e. The van der Waals surface area contributed by atoms with E-state index in [4.69, 9.17) is 0 Å². The smallest absolute Gasteiger partial charge is 0.167 e. The van der Waals surface area contributed by atoms with E-state index in [2.05, 4.69) is 6.92 Å². The molecule has 0 spiro atoms. The van der Waals surface area contributed by atoms with Gasteiger partial charge < -0.3 is 0 Å². The van der Waals surface area contributed by atoms with Gasteiger partial charge in [-0.15, -0.1) is 0 Å². The molecular weight excluding hydrogens is 258 g/mol. The van der Waals surface area contributed by atoms with Gasteiger partial charge in [0.2, 0.25) is 0 Å². The van der Waals surface area contributed by atoms with Crippen LogP contribution in [0.25, 0.3) is 0 Å². The van der Waals surface area contributed by atoms with E-state index in [1.807, 2.05) is 18.2 Å². The Balaban J connectivity index is 2.17. The number of aryl methyl sites for hydroxylation is 1. The van der Waals surface area contributed by atoms with Crippen LogP contribution in [-0.2, 0) is 12.8 Å². The van der Waals surface area contributed by atoms with E-state index in [9.17, 15) is 13.6 Å². The van der Waals surface area contributed by atoms with Crippen molar-refractivity contribution in [2.45, 2.75) is 26.2 Å². The maximum atomic E-state index is 13.1. The molecule has 0 unspecified atom stereocenters. The fourth-order valence-electron chi connectivity index (χ4n) is 2.19. The summed E-state index contributed by atoms with van der Waals surface area (Å²) >= 11 is 0. The molecule has 0 N–H and O–H groups in total. The molecule has 0 aliphatic heterocycles. The molecule has 0 atom stereocenters. The van der Waals surface area contributed by atoms with Crippen molar-refractivity contribution in [2.75, 3.05) is 0 Å². The highest BCUT2D eigenvalue weighted by atomic mass is 19.1. The normalized spacial score (nSPS) is 10.6. The summed E-state index contributed by atoms with van der Waals surface area (Å²) < 4.78 is 26.2. The third-order valence-corrected chi connectivity index (χ3v) is 3.07. The minimum atomic E-state index is -0.660. The van der Waals surface area contributed by atoms with Crippen molar-refractivity contribution in [1.82, 2.24) is 0 Å². The van der Waals surface area contributed by atoms with Crippen LogP contribution in [0.1, 0.15) is 34.8 Å². The summed E-state index contributed by atoms with van der Waals surface area (Å²) in [5.41, 5.74) is 2.04. The Labute approximate surface area is 117 Å². The zero-order chi connectivity index (χ0) is 14.5. The van der Waals surface area contributed by atoms with Crippen LogP contribution in [0.3, 0.4) is 0 Å². The largest absolute Gasteiger partial charge is 0.294 e. The van der Waals surface area contributed by atoms with Crippen LogP contribution in [0.5, 0.6) is 0 Å². The van der Waals surface area contributed by atoms with E-state index in [0.717, 1.165) is 24.5 Å². The second-order valence-electron chi connectivity index (χ2n) is 4.83. The molecule has 0 aromatic heterocycles. The van der Waals surface area contributed by atoms with E-state index in [1.54, 1.807) is 6.07 Å². The molecule has 0 saturated carbocycles. The Bertz CT molecular complexity index is 600. The third kappa shape index (κ3) is 3.73. The zero-order valence-corrected chi connectivity index (χ0v) is 11.3. The minimum Gasteiger partial charge on any atom is -0.294 e. The van der Waals surface area contributed by atoms with Gasteiger partial charge in [0.25, 0.3) is 0 Å². The molecule has 0 heterocycles. The molecule has 20 heavy (non-hydrogen) atoms. The summed E-state index contributed by atoms with van der Waals surface area (Å²) in [6.07, 6.45) is 1.92. The van der Waals surface area contributed by atoms with E-state index < -0.39 is 11.6 Å². The van der Waals surface area contributed by atoms with Gasteiger partial charge in [0.1, 0.15) is 11.6 Å². The SMILES string of the molecule is CCCc1cccc(C(=O)Cc2cc(F)cc(F)c2)c1. The Morgan fingerprint density at radius 3 is 2.35 bits per heavy atom. The number of ketones is 1. The van der Waals surface area contributed by atoms with Crippen molar-refractivity contribution >= 4 is 5.78 Å². The molecule has 0 fully saturated rings.